The fourth-order valence-electron chi connectivity index (χ4n) is 2.02. The highest BCUT2D eigenvalue weighted by molar-refractivity contribution is 4.84. The van der Waals surface area contributed by atoms with E-state index >= 15 is 0 Å². The zero-order valence-electron chi connectivity index (χ0n) is 8.76. The van der Waals surface area contributed by atoms with Gasteiger partial charge in [0, 0.05) is 13.1 Å². The number of aliphatic hydroxyl groups is 1. The predicted molar refractivity (Wildman–Crippen MR) is 54.1 cm³/mol. The van der Waals surface area contributed by atoms with Crippen molar-refractivity contribution in [3.63, 3.8) is 0 Å². The van der Waals surface area contributed by atoms with E-state index in [1.807, 2.05) is 0 Å². The van der Waals surface area contributed by atoms with Crippen LogP contribution >= 0.6 is 0 Å². The fraction of sp³-hybridized carbons (Fsp3) is 0.889. The summed E-state index contributed by atoms with van der Waals surface area (Å²) in [6, 6.07) is 0. The van der Waals surface area contributed by atoms with Crippen LogP contribution < -0.4 is 5.32 Å². The molecule has 1 saturated heterocycles. The number of piperidine rings is 1. The lowest BCUT2D eigenvalue weighted by molar-refractivity contribution is 0.00574. The van der Waals surface area contributed by atoms with Crippen molar-refractivity contribution in [3.8, 4) is 0 Å². The Hall–Kier alpha value is -1.01. The molecule has 0 amide bonds. The molecule has 0 spiro atoms. The molecule has 1 atom stereocenters. The van der Waals surface area contributed by atoms with Gasteiger partial charge in [-0.15, -0.1) is 5.10 Å². The highest BCUT2D eigenvalue weighted by Gasteiger charge is 2.28. The minimum atomic E-state index is -0.522. The summed E-state index contributed by atoms with van der Waals surface area (Å²) in [6.07, 6.45) is 5.27. The summed E-state index contributed by atoms with van der Waals surface area (Å²) in [5.41, 5.74) is -0.522. The maximum absolute atomic E-state index is 10.2. The zero-order chi connectivity index (χ0) is 10.6. The molecular formula is C9H17N5O. The Kier molecular flexibility index (Phi) is 3.27. The Morgan fingerprint density at radius 3 is 3.13 bits per heavy atom. The van der Waals surface area contributed by atoms with Crippen LogP contribution in [-0.4, -0.2) is 44.0 Å². The van der Waals surface area contributed by atoms with Crippen molar-refractivity contribution < 1.29 is 5.11 Å². The summed E-state index contributed by atoms with van der Waals surface area (Å²) < 4.78 is 1.69. The smallest absolute Gasteiger partial charge is 0.138 e. The summed E-state index contributed by atoms with van der Waals surface area (Å²) in [6.45, 7) is 2.51. The van der Waals surface area contributed by atoms with Gasteiger partial charge in [0.25, 0.3) is 0 Å². The number of β-amino-alcohol motifs (C(OH)–C–C–N with tert-alkyl or cyclic N) is 1. The summed E-state index contributed by atoms with van der Waals surface area (Å²) >= 11 is 0. The van der Waals surface area contributed by atoms with Crippen LogP contribution in [0.25, 0.3) is 0 Å². The molecule has 0 saturated carbocycles. The monoisotopic (exact) mass is 211 g/mol. The number of nitrogens with zero attached hydrogens (tertiary/aromatic N) is 4. The van der Waals surface area contributed by atoms with Crippen molar-refractivity contribution in [2.45, 2.75) is 37.8 Å². The molecule has 2 N–H and O–H groups in total. The van der Waals surface area contributed by atoms with Gasteiger partial charge in [0.05, 0.1) is 5.60 Å². The lowest BCUT2D eigenvalue weighted by Gasteiger charge is -2.32. The van der Waals surface area contributed by atoms with E-state index in [1.165, 1.54) is 0 Å². The molecule has 1 fully saturated rings. The van der Waals surface area contributed by atoms with E-state index < -0.39 is 5.60 Å². The van der Waals surface area contributed by atoms with E-state index in [0.29, 0.717) is 6.54 Å². The number of hydrogen-bond acceptors (Lipinski definition) is 5. The summed E-state index contributed by atoms with van der Waals surface area (Å²) in [4.78, 5) is 0. The van der Waals surface area contributed by atoms with E-state index in [-0.39, 0.29) is 0 Å². The first kappa shape index (κ1) is 10.5. The molecule has 84 valence electrons. The summed E-state index contributed by atoms with van der Waals surface area (Å²) in [7, 11) is 0. The Labute approximate surface area is 88.7 Å². The summed E-state index contributed by atoms with van der Waals surface area (Å²) in [5, 5.41) is 24.3. The second-order valence-corrected chi connectivity index (χ2v) is 4.18. The second-order valence-electron chi connectivity index (χ2n) is 4.18. The number of hydrogen-bond donors (Lipinski definition) is 2. The lowest BCUT2D eigenvalue weighted by atomic mass is 9.89. The maximum Gasteiger partial charge on any atom is 0.138 e. The van der Waals surface area contributed by atoms with Crippen LogP contribution in [0.5, 0.6) is 0 Å². The molecule has 15 heavy (non-hydrogen) atoms. The van der Waals surface area contributed by atoms with Gasteiger partial charge in [-0.1, -0.05) is 0 Å². The van der Waals surface area contributed by atoms with Crippen LogP contribution in [0.4, 0.5) is 0 Å². The predicted octanol–water partition coefficient (Wildman–Crippen LogP) is -0.432. The van der Waals surface area contributed by atoms with Gasteiger partial charge in [0.1, 0.15) is 6.33 Å². The van der Waals surface area contributed by atoms with E-state index in [2.05, 4.69) is 20.8 Å². The van der Waals surface area contributed by atoms with Crippen LogP contribution in [0.3, 0.4) is 0 Å². The average Bonchev–Trinajstić information content (AvgIpc) is 2.71. The van der Waals surface area contributed by atoms with Crippen molar-refractivity contribution in [1.82, 2.24) is 25.5 Å². The Bertz CT molecular complexity index is 281. The third-order valence-corrected chi connectivity index (χ3v) is 2.87. The molecule has 1 aliphatic heterocycles. The average molecular weight is 211 g/mol. The maximum atomic E-state index is 10.2. The van der Waals surface area contributed by atoms with Crippen molar-refractivity contribution in [2.75, 3.05) is 13.1 Å². The molecule has 0 radical (unpaired) electrons. The molecule has 0 bridgehead atoms. The Morgan fingerprint density at radius 1 is 1.53 bits per heavy atom. The third kappa shape index (κ3) is 2.97. The highest BCUT2D eigenvalue weighted by atomic mass is 16.3. The van der Waals surface area contributed by atoms with Gasteiger partial charge in [0.15, 0.2) is 0 Å². The van der Waals surface area contributed by atoms with Crippen molar-refractivity contribution >= 4 is 0 Å². The van der Waals surface area contributed by atoms with Gasteiger partial charge < -0.3 is 10.4 Å². The largest absolute Gasteiger partial charge is 0.389 e. The van der Waals surface area contributed by atoms with Gasteiger partial charge in [-0.05, 0) is 42.7 Å². The fourth-order valence-corrected chi connectivity index (χ4v) is 2.02. The zero-order valence-corrected chi connectivity index (χ0v) is 8.76. The van der Waals surface area contributed by atoms with Crippen molar-refractivity contribution in [3.05, 3.63) is 6.33 Å². The van der Waals surface area contributed by atoms with Gasteiger partial charge >= 0.3 is 0 Å². The van der Waals surface area contributed by atoms with E-state index in [0.717, 1.165) is 38.8 Å². The van der Waals surface area contributed by atoms with Gasteiger partial charge in [-0.25, -0.2) is 4.68 Å². The van der Waals surface area contributed by atoms with E-state index in [9.17, 15) is 5.11 Å². The number of tetrazole rings is 1. The van der Waals surface area contributed by atoms with Crippen LogP contribution in [0.15, 0.2) is 6.33 Å². The molecule has 6 heteroatoms. The number of nitrogens with one attached hydrogen (secondary N) is 1. The molecular weight excluding hydrogens is 194 g/mol. The molecule has 2 rings (SSSR count). The second kappa shape index (κ2) is 4.67. The molecule has 1 aromatic heterocycles. The highest BCUT2D eigenvalue weighted by Crippen LogP contribution is 2.21. The quantitative estimate of drug-likeness (QED) is 0.706. The molecule has 1 unspecified atom stereocenters. The molecule has 0 aromatic carbocycles. The molecule has 1 aromatic rings. The third-order valence-electron chi connectivity index (χ3n) is 2.87. The first-order valence-electron chi connectivity index (χ1n) is 5.42. The SMILES string of the molecule is OC1(CCCn2cnnn2)CCCNC1. The van der Waals surface area contributed by atoms with E-state index in [1.54, 1.807) is 11.0 Å². The Balaban J connectivity index is 1.72. The van der Waals surface area contributed by atoms with Crippen LogP contribution in [-0.2, 0) is 6.54 Å². The van der Waals surface area contributed by atoms with Crippen LogP contribution in [0, 0.1) is 0 Å². The van der Waals surface area contributed by atoms with Crippen LogP contribution in [0.2, 0.25) is 0 Å². The lowest BCUT2D eigenvalue weighted by Crippen LogP contribution is -2.45. The van der Waals surface area contributed by atoms with Gasteiger partial charge in [0.2, 0.25) is 0 Å². The topological polar surface area (TPSA) is 75.9 Å². The first-order chi connectivity index (χ1) is 7.29. The number of aromatic nitrogens is 4. The normalized spacial score (nSPS) is 26.7. The van der Waals surface area contributed by atoms with Gasteiger partial charge in [-0.2, -0.15) is 0 Å². The molecule has 0 aliphatic carbocycles. The first-order valence-corrected chi connectivity index (χ1v) is 5.42. The molecule has 2 heterocycles. The van der Waals surface area contributed by atoms with Crippen molar-refractivity contribution in [2.24, 2.45) is 0 Å². The number of rotatable bonds is 4. The standard InChI is InChI=1S/C9H17N5O/c15-9(3-1-5-10-7-9)4-2-6-14-8-11-12-13-14/h8,10,15H,1-7H2. The minimum absolute atomic E-state index is 0.522. The van der Waals surface area contributed by atoms with Gasteiger partial charge in [-0.3, -0.25) is 0 Å². The molecule has 1 aliphatic rings. The minimum Gasteiger partial charge on any atom is -0.389 e. The summed E-state index contributed by atoms with van der Waals surface area (Å²) in [5.74, 6) is 0. The van der Waals surface area contributed by atoms with E-state index in [4.69, 9.17) is 0 Å². The van der Waals surface area contributed by atoms with Crippen molar-refractivity contribution in [1.29, 1.82) is 0 Å². The Morgan fingerprint density at radius 2 is 2.47 bits per heavy atom. The van der Waals surface area contributed by atoms with Crippen LogP contribution in [0.1, 0.15) is 25.7 Å². The number of aryl methyl sites for hydroxylation is 1. The molecule has 6 nitrogen and oxygen atoms in total.